The van der Waals surface area contributed by atoms with Crippen LogP contribution in [0.25, 0.3) is 0 Å². The van der Waals surface area contributed by atoms with Crippen LogP contribution in [-0.4, -0.2) is 22.6 Å². The van der Waals surface area contributed by atoms with Gasteiger partial charge < -0.3 is 15.8 Å². The first kappa shape index (κ1) is 18.3. The van der Waals surface area contributed by atoms with Crippen LogP contribution in [0, 0.1) is 5.92 Å². The van der Waals surface area contributed by atoms with Crippen LogP contribution in [0.1, 0.15) is 53.5 Å². The molecule has 1 rings (SSSR count). The van der Waals surface area contributed by atoms with Crippen LogP contribution in [0.4, 0.5) is 0 Å². The van der Waals surface area contributed by atoms with E-state index in [4.69, 9.17) is 10.5 Å². The molecule has 1 aromatic heterocycles. The molecule has 0 amide bonds. The zero-order chi connectivity index (χ0) is 16.8. The van der Waals surface area contributed by atoms with Crippen molar-refractivity contribution in [3.8, 4) is 5.88 Å². The van der Waals surface area contributed by atoms with E-state index in [2.05, 4.69) is 36.1 Å². The van der Waals surface area contributed by atoms with Gasteiger partial charge in [-0.1, -0.05) is 13.8 Å². The summed E-state index contributed by atoms with van der Waals surface area (Å²) in [5.41, 5.74) is 6.81. The molecule has 1 heterocycles. The molecule has 1 atom stereocenters. The van der Waals surface area contributed by atoms with Crippen LogP contribution in [0.15, 0.2) is 23.3 Å². The molecule has 0 aliphatic carbocycles. The predicted molar refractivity (Wildman–Crippen MR) is 92.0 cm³/mol. The third kappa shape index (κ3) is 7.86. The van der Waals surface area contributed by atoms with Crippen LogP contribution >= 0.6 is 0 Å². The molecule has 0 bridgehead atoms. The number of guanidine groups is 1. The summed E-state index contributed by atoms with van der Waals surface area (Å²) in [5, 5.41) is 3.14. The van der Waals surface area contributed by atoms with Gasteiger partial charge in [-0.3, -0.25) is 0 Å². The van der Waals surface area contributed by atoms with Gasteiger partial charge in [-0.25, -0.2) is 9.98 Å². The number of rotatable bonds is 6. The van der Waals surface area contributed by atoms with E-state index in [1.807, 2.05) is 32.9 Å². The molecular formula is C17H30N4O. The first-order valence-electron chi connectivity index (χ1n) is 7.85. The second kappa shape index (κ2) is 8.01. The summed E-state index contributed by atoms with van der Waals surface area (Å²) in [4.78, 5) is 8.60. The van der Waals surface area contributed by atoms with Crippen molar-refractivity contribution in [1.29, 1.82) is 0 Å². The minimum atomic E-state index is -0.0909. The Hall–Kier alpha value is -1.78. The molecule has 0 radical (unpaired) electrons. The van der Waals surface area contributed by atoms with Gasteiger partial charge in [0, 0.05) is 17.8 Å². The van der Waals surface area contributed by atoms with Crippen LogP contribution in [0.5, 0.6) is 5.88 Å². The number of nitrogens with zero attached hydrogens (tertiary/aromatic N) is 2. The molecule has 22 heavy (non-hydrogen) atoms. The summed E-state index contributed by atoms with van der Waals surface area (Å²) < 4.78 is 5.85. The largest absolute Gasteiger partial charge is 0.475 e. The van der Waals surface area contributed by atoms with E-state index in [1.54, 1.807) is 6.20 Å². The first-order chi connectivity index (χ1) is 10.2. The van der Waals surface area contributed by atoms with Crippen LogP contribution in [-0.2, 0) is 6.54 Å². The van der Waals surface area contributed by atoms with E-state index < -0.39 is 0 Å². The SMILES string of the molecule is CC(C)CC(C)Oc1cc(CN=C(N)NC(C)(C)C)ccn1. The Morgan fingerprint density at radius 1 is 1.36 bits per heavy atom. The van der Waals surface area contributed by atoms with Crippen molar-refractivity contribution in [3.05, 3.63) is 23.9 Å². The second-order valence-electron chi connectivity index (χ2n) is 7.14. The summed E-state index contributed by atoms with van der Waals surface area (Å²) in [6.45, 7) is 13.1. The van der Waals surface area contributed by atoms with Gasteiger partial charge in [-0.2, -0.15) is 0 Å². The van der Waals surface area contributed by atoms with Gasteiger partial charge in [0.15, 0.2) is 5.96 Å². The molecule has 5 nitrogen and oxygen atoms in total. The highest BCUT2D eigenvalue weighted by Gasteiger charge is 2.10. The molecule has 3 N–H and O–H groups in total. The van der Waals surface area contributed by atoms with Gasteiger partial charge in [0.2, 0.25) is 5.88 Å². The molecule has 1 unspecified atom stereocenters. The Balaban J connectivity index is 2.62. The highest BCUT2D eigenvalue weighted by Crippen LogP contribution is 2.15. The zero-order valence-electron chi connectivity index (χ0n) is 14.7. The number of ether oxygens (including phenoxy) is 1. The standard InChI is InChI=1S/C17H30N4O/c1-12(2)9-13(3)22-15-10-14(7-8-19-15)11-20-16(18)21-17(4,5)6/h7-8,10,12-13H,9,11H2,1-6H3,(H3,18,20,21). The normalized spacial score (nSPS) is 14.0. The summed E-state index contributed by atoms with van der Waals surface area (Å²) in [6.07, 6.45) is 2.90. The quantitative estimate of drug-likeness (QED) is 0.626. The van der Waals surface area contributed by atoms with Gasteiger partial charge in [0.1, 0.15) is 0 Å². The van der Waals surface area contributed by atoms with E-state index in [-0.39, 0.29) is 11.6 Å². The summed E-state index contributed by atoms with van der Waals surface area (Å²) in [5.74, 6) is 1.69. The number of hydrogen-bond acceptors (Lipinski definition) is 3. The van der Waals surface area contributed by atoms with Crippen molar-refractivity contribution < 1.29 is 4.74 Å². The number of nitrogens with one attached hydrogen (secondary N) is 1. The summed E-state index contributed by atoms with van der Waals surface area (Å²) in [7, 11) is 0. The Labute approximate surface area is 134 Å². The molecule has 5 heteroatoms. The van der Waals surface area contributed by atoms with Crippen molar-refractivity contribution in [1.82, 2.24) is 10.3 Å². The molecule has 0 aliphatic heterocycles. The molecule has 0 aromatic carbocycles. The molecule has 0 spiro atoms. The highest BCUT2D eigenvalue weighted by atomic mass is 16.5. The minimum Gasteiger partial charge on any atom is -0.475 e. The van der Waals surface area contributed by atoms with Crippen molar-refractivity contribution >= 4 is 5.96 Å². The maximum Gasteiger partial charge on any atom is 0.213 e. The minimum absolute atomic E-state index is 0.0909. The average molecular weight is 306 g/mol. The van der Waals surface area contributed by atoms with Crippen molar-refractivity contribution in [3.63, 3.8) is 0 Å². The lowest BCUT2D eigenvalue weighted by Gasteiger charge is -2.21. The molecule has 1 aromatic rings. The lowest BCUT2D eigenvalue weighted by molar-refractivity contribution is 0.185. The van der Waals surface area contributed by atoms with E-state index >= 15 is 0 Å². The van der Waals surface area contributed by atoms with E-state index in [1.165, 1.54) is 0 Å². The number of nitrogens with two attached hydrogens (primary N) is 1. The lowest BCUT2D eigenvalue weighted by atomic mass is 10.1. The van der Waals surface area contributed by atoms with Crippen molar-refractivity contribution in [2.45, 2.75) is 66.2 Å². The Morgan fingerprint density at radius 2 is 2.05 bits per heavy atom. The molecule has 0 saturated carbocycles. The average Bonchev–Trinajstić information content (AvgIpc) is 2.33. The van der Waals surface area contributed by atoms with Gasteiger partial charge in [-0.15, -0.1) is 0 Å². The van der Waals surface area contributed by atoms with Crippen LogP contribution < -0.4 is 15.8 Å². The summed E-state index contributed by atoms with van der Waals surface area (Å²) in [6, 6.07) is 3.85. The maximum atomic E-state index is 5.87. The number of hydrogen-bond donors (Lipinski definition) is 2. The van der Waals surface area contributed by atoms with E-state index in [0.717, 1.165) is 12.0 Å². The Morgan fingerprint density at radius 3 is 2.64 bits per heavy atom. The molecule has 124 valence electrons. The Bertz CT molecular complexity index is 492. The lowest BCUT2D eigenvalue weighted by Crippen LogP contribution is -2.44. The second-order valence-corrected chi connectivity index (χ2v) is 7.14. The van der Waals surface area contributed by atoms with Gasteiger partial charge in [0.05, 0.1) is 12.6 Å². The topological polar surface area (TPSA) is 72.5 Å². The monoisotopic (exact) mass is 306 g/mol. The van der Waals surface area contributed by atoms with Crippen molar-refractivity contribution in [2.24, 2.45) is 16.6 Å². The Kier molecular flexibility index (Phi) is 6.65. The summed E-state index contributed by atoms with van der Waals surface area (Å²) >= 11 is 0. The number of pyridine rings is 1. The highest BCUT2D eigenvalue weighted by molar-refractivity contribution is 5.78. The van der Waals surface area contributed by atoms with Crippen LogP contribution in [0.2, 0.25) is 0 Å². The first-order valence-corrected chi connectivity index (χ1v) is 7.85. The number of aliphatic imine (C=N–C) groups is 1. The van der Waals surface area contributed by atoms with Crippen molar-refractivity contribution in [2.75, 3.05) is 0 Å². The molecular weight excluding hydrogens is 276 g/mol. The zero-order valence-corrected chi connectivity index (χ0v) is 14.7. The van der Waals surface area contributed by atoms with E-state index in [0.29, 0.717) is 24.3 Å². The maximum absolute atomic E-state index is 5.87. The van der Waals surface area contributed by atoms with Crippen LogP contribution in [0.3, 0.4) is 0 Å². The third-order valence-electron chi connectivity index (χ3n) is 2.86. The third-order valence-corrected chi connectivity index (χ3v) is 2.86. The fourth-order valence-corrected chi connectivity index (χ4v) is 2.13. The van der Waals surface area contributed by atoms with Gasteiger partial charge >= 0.3 is 0 Å². The molecule has 0 aliphatic rings. The number of aromatic nitrogens is 1. The predicted octanol–water partition coefficient (Wildman–Crippen LogP) is 3.10. The fraction of sp³-hybridized carbons (Fsp3) is 0.647. The molecule has 0 fully saturated rings. The van der Waals surface area contributed by atoms with E-state index in [9.17, 15) is 0 Å². The molecule has 0 saturated heterocycles. The van der Waals surface area contributed by atoms with Gasteiger partial charge in [0.25, 0.3) is 0 Å². The smallest absolute Gasteiger partial charge is 0.213 e. The fourth-order valence-electron chi connectivity index (χ4n) is 2.13. The van der Waals surface area contributed by atoms with Gasteiger partial charge in [-0.05, 0) is 51.7 Å².